The van der Waals surface area contributed by atoms with Crippen molar-refractivity contribution >= 4 is 50.7 Å². The lowest BCUT2D eigenvalue weighted by Gasteiger charge is -2.29. The zero-order chi connectivity index (χ0) is 17.2. The van der Waals surface area contributed by atoms with Crippen LogP contribution in [0.25, 0.3) is 0 Å². The minimum Gasteiger partial charge on any atom is -0.338 e. The molecule has 0 bridgehead atoms. The second-order valence-corrected chi connectivity index (χ2v) is 9.97. The Bertz CT molecular complexity index is 694. The van der Waals surface area contributed by atoms with Crippen molar-refractivity contribution in [2.24, 2.45) is 0 Å². The lowest BCUT2D eigenvalue weighted by Crippen LogP contribution is -2.44. The van der Waals surface area contributed by atoms with E-state index in [2.05, 4.69) is 0 Å². The van der Waals surface area contributed by atoms with E-state index in [1.807, 2.05) is 6.92 Å². The molecule has 1 aromatic carbocycles. The Morgan fingerprint density at radius 1 is 1.43 bits per heavy atom. The molecule has 1 saturated heterocycles. The highest BCUT2D eigenvalue weighted by molar-refractivity contribution is 8.00. The van der Waals surface area contributed by atoms with Gasteiger partial charge in [-0.1, -0.05) is 23.2 Å². The van der Waals surface area contributed by atoms with Crippen LogP contribution in [0.3, 0.4) is 0 Å². The predicted molar refractivity (Wildman–Crippen MR) is 96.2 cm³/mol. The van der Waals surface area contributed by atoms with Crippen molar-refractivity contribution < 1.29 is 13.2 Å². The van der Waals surface area contributed by atoms with Gasteiger partial charge < -0.3 is 4.90 Å². The fourth-order valence-corrected chi connectivity index (χ4v) is 5.87. The molecule has 4 nitrogen and oxygen atoms in total. The molecule has 1 heterocycles. The zero-order valence-corrected chi connectivity index (χ0v) is 16.1. The first-order valence-corrected chi connectivity index (χ1v) is 10.8. The van der Waals surface area contributed by atoms with Gasteiger partial charge in [0, 0.05) is 22.5 Å². The van der Waals surface area contributed by atoms with Gasteiger partial charge in [0.15, 0.2) is 9.84 Å². The summed E-state index contributed by atoms with van der Waals surface area (Å²) in [6.45, 7) is 4.16. The molecule has 1 fully saturated rings. The number of sulfone groups is 1. The number of hydrogen-bond acceptors (Lipinski definition) is 4. The number of thioether (sulfide) groups is 1. The van der Waals surface area contributed by atoms with Crippen molar-refractivity contribution in [3.05, 3.63) is 28.2 Å². The van der Waals surface area contributed by atoms with Crippen molar-refractivity contribution in [1.29, 1.82) is 0 Å². The fourth-order valence-electron chi connectivity index (χ4n) is 2.66. The van der Waals surface area contributed by atoms with Gasteiger partial charge in [0.05, 0.1) is 21.8 Å². The average Bonchev–Trinajstić information content (AvgIpc) is 2.83. The summed E-state index contributed by atoms with van der Waals surface area (Å²) in [6.07, 6.45) is 0.511. The van der Waals surface area contributed by atoms with Crippen molar-refractivity contribution in [3.8, 4) is 0 Å². The van der Waals surface area contributed by atoms with E-state index in [9.17, 15) is 13.2 Å². The van der Waals surface area contributed by atoms with Crippen LogP contribution >= 0.6 is 35.0 Å². The van der Waals surface area contributed by atoms with Crippen LogP contribution in [0, 0.1) is 0 Å². The Balaban J connectivity index is 2.10. The number of rotatable bonds is 5. The molecule has 0 aliphatic carbocycles. The summed E-state index contributed by atoms with van der Waals surface area (Å²) >= 11 is 13.4. The van der Waals surface area contributed by atoms with Gasteiger partial charge in [-0.15, -0.1) is 11.8 Å². The first-order valence-electron chi connectivity index (χ1n) is 7.36. The van der Waals surface area contributed by atoms with Crippen LogP contribution in [-0.2, 0) is 14.6 Å². The lowest BCUT2D eigenvalue weighted by atomic mass is 10.2. The van der Waals surface area contributed by atoms with Gasteiger partial charge in [0.1, 0.15) is 0 Å². The summed E-state index contributed by atoms with van der Waals surface area (Å²) in [7, 11) is -3.02. The number of carbonyl (C=O) groups excluding carboxylic acids is 1. The quantitative estimate of drug-likeness (QED) is 0.715. The third kappa shape index (κ3) is 4.78. The van der Waals surface area contributed by atoms with Crippen molar-refractivity contribution in [2.45, 2.75) is 36.5 Å². The number of amides is 1. The molecule has 1 aromatic rings. The van der Waals surface area contributed by atoms with Crippen LogP contribution in [0.1, 0.15) is 20.3 Å². The van der Waals surface area contributed by atoms with E-state index in [0.29, 0.717) is 23.0 Å². The molecular weight excluding hydrogens is 377 g/mol. The molecule has 0 spiro atoms. The van der Waals surface area contributed by atoms with Crippen LogP contribution in [0.4, 0.5) is 0 Å². The summed E-state index contributed by atoms with van der Waals surface area (Å²) in [4.78, 5) is 15.1. The third-order valence-electron chi connectivity index (χ3n) is 3.82. The molecule has 2 atom stereocenters. The maximum absolute atomic E-state index is 12.7. The van der Waals surface area contributed by atoms with E-state index in [-0.39, 0.29) is 28.7 Å². The SMILES string of the molecule is CCN(C(=O)C(C)Sc1cc(Cl)ccc1Cl)C1CCS(=O)(=O)C1. The van der Waals surface area contributed by atoms with E-state index >= 15 is 0 Å². The van der Waals surface area contributed by atoms with Crippen molar-refractivity contribution in [1.82, 2.24) is 4.90 Å². The third-order valence-corrected chi connectivity index (χ3v) is 7.39. The molecule has 2 unspecified atom stereocenters. The molecule has 8 heteroatoms. The van der Waals surface area contributed by atoms with Gasteiger partial charge in [-0.3, -0.25) is 4.79 Å². The number of carbonyl (C=O) groups is 1. The van der Waals surface area contributed by atoms with E-state index in [1.165, 1.54) is 11.8 Å². The molecule has 0 aromatic heterocycles. The summed E-state index contributed by atoms with van der Waals surface area (Å²) in [5.41, 5.74) is 0. The van der Waals surface area contributed by atoms with E-state index in [4.69, 9.17) is 23.2 Å². The Morgan fingerprint density at radius 2 is 2.13 bits per heavy atom. The number of halogens is 2. The largest absolute Gasteiger partial charge is 0.338 e. The summed E-state index contributed by atoms with van der Waals surface area (Å²) in [5, 5.41) is 0.741. The molecular formula is C15H19Cl2NO3S2. The van der Waals surface area contributed by atoms with Crippen molar-refractivity contribution in [3.63, 3.8) is 0 Å². The van der Waals surface area contributed by atoms with Gasteiger partial charge in [-0.05, 0) is 38.5 Å². The summed E-state index contributed by atoms with van der Waals surface area (Å²) in [6, 6.07) is 4.90. The predicted octanol–water partition coefficient (Wildman–Crippen LogP) is 3.51. The highest BCUT2D eigenvalue weighted by Crippen LogP contribution is 2.33. The maximum Gasteiger partial charge on any atom is 0.236 e. The summed E-state index contributed by atoms with van der Waals surface area (Å²) in [5.74, 6) is 0.140. The van der Waals surface area contributed by atoms with E-state index < -0.39 is 9.84 Å². The molecule has 0 radical (unpaired) electrons. The minimum absolute atomic E-state index is 0.0574. The Morgan fingerprint density at radius 3 is 2.70 bits per heavy atom. The lowest BCUT2D eigenvalue weighted by molar-refractivity contribution is -0.131. The molecule has 1 amide bonds. The monoisotopic (exact) mass is 395 g/mol. The smallest absolute Gasteiger partial charge is 0.236 e. The number of nitrogens with zero attached hydrogens (tertiary/aromatic N) is 1. The molecule has 23 heavy (non-hydrogen) atoms. The topological polar surface area (TPSA) is 54.5 Å². The van der Waals surface area contributed by atoms with Gasteiger partial charge in [0.2, 0.25) is 5.91 Å². The van der Waals surface area contributed by atoms with E-state index in [1.54, 1.807) is 30.0 Å². The summed E-state index contributed by atoms with van der Waals surface area (Å²) < 4.78 is 23.3. The van der Waals surface area contributed by atoms with E-state index in [0.717, 1.165) is 4.90 Å². The second-order valence-electron chi connectivity index (χ2n) is 5.52. The first-order chi connectivity index (χ1) is 10.7. The Kier molecular flexibility index (Phi) is 6.28. The van der Waals surface area contributed by atoms with Crippen LogP contribution < -0.4 is 0 Å². The molecule has 0 saturated carbocycles. The maximum atomic E-state index is 12.7. The molecule has 1 aliphatic rings. The number of hydrogen-bond donors (Lipinski definition) is 0. The van der Waals surface area contributed by atoms with Gasteiger partial charge >= 0.3 is 0 Å². The standard InChI is InChI=1S/C15H19Cl2NO3S2/c1-3-18(12-6-7-23(20,21)9-12)15(19)10(2)22-14-8-11(16)4-5-13(14)17/h4-5,8,10,12H,3,6-7,9H2,1-2H3. The molecule has 2 rings (SSSR count). The highest BCUT2D eigenvalue weighted by Gasteiger charge is 2.35. The van der Waals surface area contributed by atoms with Gasteiger partial charge in [-0.25, -0.2) is 8.42 Å². The molecule has 0 N–H and O–H groups in total. The minimum atomic E-state index is -3.02. The molecule has 128 valence electrons. The average molecular weight is 396 g/mol. The number of benzene rings is 1. The fraction of sp³-hybridized carbons (Fsp3) is 0.533. The molecule has 1 aliphatic heterocycles. The second kappa shape index (κ2) is 7.64. The van der Waals surface area contributed by atoms with Crippen LogP contribution in [-0.4, -0.2) is 48.6 Å². The van der Waals surface area contributed by atoms with Gasteiger partial charge in [0.25, 0.3) is 0 Å². The van der Waals surface area contributed by atoms with Crippen LogP contribution in [0.5, 0.6) is 0 Å². The highest BCUT2D eigenvalue weighted by atomic mass is 35.5. The van der Waals surface area contributed by atoms with Gasteiger partial charge in [-0.2, -0.15) is 0 Å². The Hall–Kier alpha value is -0.430. The zero-order valence-electron chi connectivity index (χ0n) is 13.0. The normalized spacial score (nSPS) is 21.1. The van der Waals surface area contributed by atoms with Crippen molar-refractivity contribution in [2.75, 3.05) is 18.1 Å². The Labute approximate surface area is 151 Å². The van der Waals surface area contributed by atoms with Crippen LogP contribution in [0.15, 0.2) is 23.1 Å². The first kappa shape index (κ1) is 18.9. The van der Waals surface area contributed by atoms with Crippen LogP contribution in [0.2, 0.25) is 10.0 Å².